The van der Waals surface area contributed by atoms with Gasteiger partial charge in [-0.15, -0.1) is 0 Å². The van der Waals surface area contributed by atoms with E-state index >= 15 is 0 Å². The molecule has 0 atom stereocenters. The largest absolute Gasteiger partial charge is 0.477 e. The van der Waals surface area contributed by atoms with E-state index in [-0.39, 0.29) is 17.2 Å². The van der Waals surface area contributed by atoms with Crippen LogP contribution in [0.25, 0.3) is 0 Å². The monoisotopic (exact) mass is 180 g/mol. The first kappa shape index (κ1) is 9.18. The van der Waals surface area contributed by atoms with E-state index in [9.17, 15) is 9.59 Å². The predicted octanol–water partition coefficient (Wildman–Crippen LogP) is 0.139. The zero-order valence-corrected chi connectivity index (χ0v) is 6.94. The Labute approximate surface area is 74.4 Å². The number of hydrogen-bond acceptors (Lipinski definition) is 3. The number of nitrogens with one attached hydrogen (secondary N) is 1. The fourth-order valence-electron chi connectivity index (χ4n) is 0.833. The highest BCUT2D eigenvalue weighted by molar-refractivity contribution is 5.96. The molecule has 5 nitrogen and oxygen atoms in total. The number of pyridine rings is 1. The highest BCUT2D eigenvalue weighted by Crippen LogP contribution is 2.01. The van der Waals surface area contributed by atoms with Crippen molar-refractivity contribution in [3.8, 4) is 0 Å². The lowest BCUT2D eigenvalue weighted by molar-refractivity contribution is 0.0690. The number of rotatable bonds is 2. The standard InChI is InChI=1S/C8H8N2O3/c1-9-7(11)5-2-3-10-6(4-5)8(12)13/h2-4H,1H3,(H,9,11)(H,12,13). The molecule has 0 aliphatic heterocycles. The van der Waals surface area contributed by atoms with Crippen molar-refractivity contribution in [3.63, 3.8) is 0 Å². The van der Waals surface area contributed by atoms with E-state index in [2.05, 4.69) is 10.3 Å². The van der Waals surface area contributed by atoms with Gasteiger partial charge in [-0.1, -0.05) is 0 Å². The summed E-state index contributed by atoms with van der Waals surface area (Å²) in [5, 5.41) is 11.0. The molecule has 68 valence electrons. The first-order chi connectivity index (χ1) is 6.15. The second kappa shape index (κ2) is 3.66. The van der Waals surface area contributed by atoms with Crippen LogP contribution in [0.5, 0.6) is 0 Å². The molecule has 0 spiro atoms. The molecular weight excluding hydrogens is 172 g/mol. The summed E-state index contributed by atoms with van der Waals surface area (Å²) in [6, 6.07) is 2.67. The maximum absolute atomic E-state index is 11.1. The van der Waals surface area contributed by atoms with Gasteiger partial charge < -0.3 is 10.4 Å². The molecule has 0 aromatic carbocycles. The van der Waals surface area contributed by atoms with E-state index in [1.54, 1.807) is 0 Å². The highest BCUT2D eigenvalue weighted by Gasteiger charge is 2.08. The number of nitrogens with zero attached hydrogens (tertiary/aromatic N) is 1. The molecule has 0 bridgehead atoms. The maximum atomic E-state index is 11.1. The number of hydrogen-bond donors (Lipinski definition) is 2. The van der Waals surface area contributed by atoms with Gasteiger partial charge in [-0.2, -0.15) is 0 Å². The first-order valence-corrected chi connectivity index (χ1v) is 3.56. The molecule has 0 fully saturated rings. The minimum atomic E-state index is -1.15. The van der Waals surface area contributed by atoms with Gasteiger partial charge in [0.1, 0.15) is 5.69 Å². The fraction of sp³-hybridized carbons (Fsp3) is 0.125. The Morgan fingerprint density at radius 1 is 1.54 bits per heavy atom. The van der Waals surface area contributed by atoms with Crippen LogP contribution in [0.2, 0.25) is 0 Å². The first-order valence-electron chi connectivity index (χ1n) is 3.56. The third-order valence-corrected chi connectivity index (χ3v) is 1.47. The van der Waals surface area contributed by atoms with Crippen LogP contribution in [0.3, 0.4) is 0 Å². The van der Waals surface area contributed by atoms with Crippen molar-refractivity contribution in [1.29, 1.82) is 0 Å². The van der Waals surface area contributed by atoms with Crippen LogP contribution in [-0.2, 0) is 0 Å². The van der Waals surface area contributed by atoms with Gasteiger partial charge in [-0.25, -0.2) is 9.78 Å². The van der Waals surface area contributed by atoms with Crippen molar-refractivity contribution in [3.05, 3.63) is 29.6 Å². The number of carbonyl (C=O) groups excluding carboxylic acids is 1. The van der Waals surface area contributed by atoms with E-state index in [1.165, 1.54) is 25.4 Å². The summed E-state index contributed by atoms with van der Waals surface area (Å²) >= 11 is 0. The van der Waals surface area contributed by atoms with Gasteiger partial charge in [0.05, 0.1) is 0 Å². The number of carboxylic acids is 1. The summed E-state index contributed by atoms with van der Waals surface area (Å²) in [4.78, 5) is 25.1. The Balaban J connectivity index is 3.05. The lowest BCUT2D eigenvalue weighted by atomic mass is 10.2. The Kier molecular flexibility index (Phi) is 2.59. The quantitative estimate of drug-likeness (QED) is 0.678. The molecule has 0 aliphatic rings. The normalized spacial score (nSPS) is 9.31. The van der Waals surface area contributed by atoms with Crippen LogP contribution in [0.4, 0.5) is 0 Å². The SMILES string of the molecule is CNC(=O)c1ccnc(C(=O)O)c1. The molecule has 1 aromatic heterocycles. The van der Waals surface area contributed by atoms with Crippen molar-refractivity contribution in [2.45, 2.75) is 0 Å². The lowest BCUT2D eigenvalue weighted by Gasteiger charge is -1.99. The topological polar surface area (TPSA) is 79.3 Å². The van der Waals surface area contributed by atoms with Gasteiger partial charge in [-0.05, 0) is 12.1 Å². The molecular formula is C8H8N2O3. The average Bonchev–Trinajstić information content (AvgIpc) is 2.17. The zero-order chi connectivity index (χ0) is 9.84. The number of aromatic carboxylic acids is 1. The van der Waals surface area contributed by atoms with Crippen LogP contribution in [0.1, 0.15) is 20.8 Å². The molecule has 0 saturated heterocycles. The highest BCUT2D eigenvalue weighted by atomic mass is 16.4. The van der Waals surface area contributed by atoms with Crippen molar-refractivity contribution in [1.82, 2.24) is 10.3 Å². The molecule has 0 aliphatic carbocycles. The molecule has 0 radical (unpaired) electrons. The zero-order valence-electron chi connectivity index (χ0n) is 6.94. The van der Waals surface area contributed by atoms with Crippen LogP contribution in [0.15, 0.2) is 18.3 Å². The van der Waals surface area contributed by atoms with E-state index in [1.807, 2.05) is 0 Å². The van der Waals surface area contributed by atoms with Gasteiger partial charge in [0, 0.05) is 18.8 Å². The molecule has 2 N–H and O–H groups in total. The number of amides is 1. The Morgan fingerprint density at radius 3 is 2.77 bits per heavy atom. The Hall–Kier alpha value is -1.91. The number of aromatic nitrogens is 1. The summed E-state index contributed by atoms with van der Waals surface area (Å²) in [5.74, 6) is -1.48. The number of carbonyl (C=O) groups is 2. The number of carboxylic acid groups (broad SMARTS) is 1. The average molecular weight is 180 g/mol. The summed E-state index contributed by atoms with van der Waals surface area (Å²) < 4.78 is 0. The summed E-state index contributed by atoms with van der Waals surface area (Å²) in [5.41, 5.74) is 0.149. The van der Waals surface area contributed by atoms with E-state index in [0.29, 0.717) is 0 Å². The molecule has 0 unspecified atom stereocenters. The summed E-state index contributed by atoms with van der Waals surface area (Å²) in [6.45, 7) is 0. The van der Waals surface area contributed by atoms with Crippen molar-refractivity contribution in [2.24, 2.45) is 0 Å². The van der Waals surface area contributed by atoms with Crippen molar-refractivity contribution in [2.75, 3.05) is 7.05 Å². The molecule has 1 amide bonds. The summed E-state index contributed by atoms with van der Waals surface area (Å²) in [6.07, 6.45) is 1.29. The lowest BCUT2D eigenvalue weighted by Crippen LogP contribution is -2.18. The van der Waals surface area contributed by atoms with Gasteiger partial charge in [-0.3, -0.25) is 4.79 Å². The van der Waals surface area contributed by atoms with E-state index in [4.69, 9.17) is 5.11 Å². The van der Waals surface area contributed by atoms with Crippen molar-refractivity contribution < 1.29 is 14.7 Å². The third kappa shape index (κ3) is 2.02. The molecule has 0 saturated carbocycles. The second-order valence-corrected chi connectivity index (χ2v) is 2.31. The third-order valence-electron chi connectivity index (χ3n) is 1.47. The van der Waals surface area contributed by atoms with Crippen LogP contribution >= 0.6 is 0 Å². The Morgan fingerprint density at radius 2 is 2.23 bits per heavy atom. The minimum Gasteiger partial charge on any atom is -0.477 e. The van der Waals surface area contributed by atoms with Gasteiger partial charge in [0.2, 0.25) is 0 Å². The molecule has 1 heterocycles. The van der Waals surface area contributed by atoms with Crippen molar-refractivity contribution >= 4 is 11.9 Å². The second-order valence-electron chi connectivity index (χ2n) is 2.31. The van der Waals surface area contributed by atoms with Gasteiger partial charge in [0.25, 0.3) is 5.91 Å². The maximum Gasteiger partial charge on any atom is 0.354 e. The summed E-state index contributed by atoms with van der Waals surface area (Å²) in [7, 11) is 1.48. The van der Waals surface area contributed by atoms with Crippen LogP contribution < -0.4 is 5.32 Å². The molecule has 1 aromatic rings. The molecule has 13 heavy (non-hydrogen) atoms. The van der Waals surface area contributed by atoms with Gasteiger partial charge >= 0.3 is 5.97 Å². The van der Waals surface area contributed by atoms with Gasteiger partial charge in [0.15, 0.2) is 0 Å². The van der Waals surface area contributed by atoms with Crippen LogP contribution in [-0.4, -0.2) is 29.0 Å². The molecule has 5 heteroatoms. The predicted molar refractivity (Wildman–Crippen MR) is 44.6 cm³/mol. The fourth-order valence-corrected chi connectivity index (χ4v) is 0.833. The molecule has 1 rings (SSSR count). The van der Waals surface area contributed by atoms with E-state index in [0.717, 1.165) is 0 Å². The Bertz CT molecular complexity index is 349. The van der Waals surface area contributed by atoms with E-state index < -0.39 is 5.97 Å². The minimum absolute atomic E-state index is 0.138. The van der Waals surface area contributed by atoms with Crippen LogP contribution in [0, 0.1) is 0 Å². The smallest absolute Gasteiger partial charge is 0.354 e.